The Morgan fingerprint density at radius 2 is 2.60 bits per heavy atom. The predicted octanol–water partition coefficient (Wildman–Crippen LogP) is 2.82. The van der Waals surface area contributed by atoms with Crippen LogP contribution in [0.4, 0.5) is 0 Å². The number of hydrogen-bond acceptors (Lipinski definition) is 3. The van der Waals surface area contributed by atoms with Crippen LogP contribution in [0.15, 0.2) is 9.30 Å². The van der Waals surface area contributed by atoms with Crippen LogP contribution in [0.25, 0.3) is 0 Å². The van der Waals surface area contributed by atoms with E-state index in [1.165, 1.54) is 11.3 Å². The molecule has 1 aliphatic carbocycles. The molecule has 0 aromatic carbocycles. The molecule has 0 aliphatic heterocycles. The summed E-state index contributed by atoms with van der Waals surface area (Å²) in [7, 11) is 0. The summed E-state index contributed by atoms with van der Waals surface area (Å²) in [5.74, 6) is -0.0564. The van der Waals surface area contributed by atoms with Crippen molar-refractivity contribution in [2.45, 2.75) is 32.7 Å². The molecule has 5 heteroatoms. The monoisotopic (exact) mass is 288 g/mol. The Morgan fingerprint density at radius 1 is 1.87 bits per heavy atom. The summed E-state index contributed by atoms with van der Waals surface area (Å²) in [4.78, 5) is 15.8. The zero-order chi connectivity index (χ0) is 11.1. The van der Waals surface area contributed by atoms with Crippen LogP contribution in [0.3, 0.4) is 0 Å². The number of hydrogen-bond donors (Lipinski definition) is 1. The van der Waals surface area contributed by atoms with Gasteiger partial charge < -0.3 is 5.32 Å². The lowest BCUT2D eigenvalue weighted by atomic mass is 10.1. The van der Waals surface area contributed by atoms with Crippen LogP contribution in [0.2, 0.25) is 0 Å². The second kappa shape index (κ2) is 3.87. The van der Waals surface area contributed by atoms with E-state index in [1.807, 2.05) is 0 Å². The van der Waals surface area contributed by atoms with Crippen LogP contribution in [-0.4, -0.2) is 16.9 Å². The van der Waals surface area contributed by atoms with Gasteiger partial charge in [0.2, 0.25) is 0 Å². The van der Waals surface area contributed by atoms with Crippen LogP contribution < -0.4 is 5.32 Å². The summed E-state index contributed by atoms with van der Waals surface area (Å²) in [5.41, 5.74) is 0.820. The maximum Gasteiger partial charge on any atom is 0.271 e. The Balaban J connectivity index is 1.95. The third-order valence-corrected chi connectivity index (χ3v) is 4.54. The zero-order valence-electron chi connectivity index (χ0n) is 8.71. The van der Waals surface area contributed by atoms with Crippen molar-refractivity contribution < 1.29 is 4.79 Å². The molecule has 1 saturated carbocycles. The summed E-state index contributed by atoms with van der Waals surface area (Å²) in [6.45, 7) is 4.36. The van der Waals surface area contributed by atoms with Crippen molar-refractivity contribution in [3.05, 3.63) is 15.0 Å². The SMILES string of the molecule is CCC1(C)CC1NC(=O)c1csc(Br)n1. The fourth-order valence-electron chi connectivity index (χ4n) is 1.61. The van der Waals surface area contributed by atoms with Crippen LogP contribution >= 0.6 is 27.3 Å². The molecule has 15 heavy (non-hydrogen) atoms. The van der Waals surface area contributed by atoms with E-state index in [9.17, 15) is 4.79 Å². The zero-order valence-corrected chi connectivity index (χ0v) is 11.1. The van der Waals surface area contributed by atoms with Gasteiger partial charge in [0.15, 0.2) is 3.92 Å². The largest absolute Gasteiger partial charge is 0.347 e. The molecule has 1 fully saturated rings. The number of carbonyl (C=O) groups excluding carboxylic acids is 1. The van der Waals surface area contributed by atoms with Gasteiger partial charge in [-0.25, -0.2) is 4.98 Å². The van der Waals surface area contributed by atoms with Crippen molar-refractivity contribution in [2.75, 3.05) is 0 Å². The molecule has 2 rings (SSSR count). The van der Waals surface area contributed by atoms with Gasteiger partial charge in [0.25, 0.3) is 5.91 Å². The van der Waals surface area contributed by atoms with Gasteiger partial charge in [0.1, 0.15) is 5.69 Å². The normalized spacial score (nSPS) is 28.9. The molecule has 2 unspecified atom stereocenters. The van der Waals surface area contributed by atoms with Gasteiger partial charge in [-0.3, -0.25) is 4.79 Å². The van der Waals surface area contributed by atoms with E-state index in [4.69, 9.17) is 0 Å². The number of thiazole rings is 1. The molecule has 0 bridgehead atoms. The minimum absolute atomic E-state index is 0.0564. The number of aromatic nitrogens is 1. The standard InChI is InChI=1S/C10H13BrN2OS/c1-3-10(2)4-7(10)13-8(14)6-5-15-9(11)12-6/h5,7H,3-4H2,1-2H3,(H,13,14). The first-order chi connectivity index (χ1) is 7.05. The second-order valence-corrected chi connectivity index (χ2v) is 6.36. The lowest BCUT2D eigenvalue weighted by molar-refractivity contribution is 0.0941. The van der Waals surface area contributed by atoms with Crippen LogP contribution in [0.1, 0.15) is 37.2 Å². The Hall–Kier alpha value is -0.420. The van der Waals surface area contributed by atoms with Crippen molar-refractivity contribution in [3.8, 4) is 0 Å². The van der Waals surface area contributed by atoms with Gasteiger partial charge >= 0.3 is 0 Å². The average Bonchev–Trinajstić information content (AvgIpc) is 2.64. The quantitative estimate of drug-likeness (QED) is 0.929. The van der Waals surface area contributed by atoms with E-state index in [0.717, 1.165) is 16.8 Å². The lowest BCUT2D eigenvalue weighted by Gasteiger charge is -2.07. The molecule has 1 aromatic heterocycles. The lowest BCUT2D eigenvalue weighted by Crippen LogP contribution is -2.29. The highest BCUT2D eigenvalue weighted by Gasteiger charge is 2.49. The first kappa shape index (κ1) is 11.1. The molecule has 1 amide bonds. The molecule has 1 aliphatic rings. The van der Waals surface area contributed by atoms with E-state index < -0.39 is 0 Å². The molecule has 1 aromatic rings. The van der Waals surface area contributed by atoms with Gasteiger partial charge in [-0.15, -0.1) is 11.3 Å². The van der Waals surface area contributed by atoms with Gasteiger partial charge in [-0.05, 0) is 34.2 Å². The van der Waals surface area contributed by atoms with Crippen molar-refractivity contribution in [3.63, 3.8) is 0 Å². The van der Waals surface area contributed by atoms with Crippen LogP contribution in [-0.2, 0) is 0 Å². The third kappa shape index (κ3) is 2.23. The van der Waals surface area contributed by atoms with Crippen molar-refractivity contribution in [2.24, 2.45) is 5.41 Å². The number of halogens is 1. The molecule has 0 radical (unpaired) electrons. The number of nitrogens with one attached hydrogen (secondary N) is 1. The third-order valence-electron chi connectivity index (χ3n) is 3.17. The summed E-state index contributed by atoms with van der Waals surface area (Å²) in [6, 6.07) is 0.329. The van der Waals surface area contributed by atoms with Crippen molar-refractivity contribution in [1.29, 1.82) is 0 Å². The molecule has 2 atom stereocenters. The summed E-state index contributed by atoms with van der Waals surface area (Å²) in [6.07, 6.45) is 2.19. The molecular formula is C10H13BrN2OS. The summed E-state index contributed by atoms with van der Waals surface area (Å²) in [5, 5.41) is 4.78. The average molecular weight is 289 g/mol. The topological polar surface area (TPSA) is 42.0 Å². The fraction of sp³-hybridized carbons (Fsp3) is 0.600. The molecule has 0 spiro atoms. The number of carbonyl (C=O) groups is 1. The van der Waals surface area contributed by atoms with E-state index in [-0.39, 0.29) is 5.91 Å². The Kier molecular flexibility index (Phi) is 2.85. The Labute approximate surface area is 101 Å². The molecule has 0 saturated heterocycles. The van der Waals surface area contributed by atoms with Crippen LogP contribution in [0, 0.1) is 5.41 Å². The van der Waals surface area contributed by atoms with Crippen molar-refractivity contribution >= 4 is 33.2 Å². The van der Waals surface area contributed by atoms with E-state index in [1.54, 1.807) is 5.38 Å². The highest BCUT2D eigenvalue weighted by molar-refractivity contribution is 9.11. The molecule has 1 N–H and O–H groups in total. The van der Waals surface area contributed by atoms with Gasteiger partial charge in [-0.1, -0.05) is 13.8 Å². The first-order valence-electron chi connectivity index (χ1n) is 4.97. The molecular weight excluding hydrogens is 276 g/mol. The highest BCUT2D eigenvalue weighted by Crippen LogP contribution is 2.48. The highest BCUT2D eigenvalue weighted by atomic mass is 79.9. The maximum absolute atomic E-state index is 11.7. The van der Waals surface area contributed by atoms with Gasteiger partial charge in [0, 0.05) is 11.4 Å². The Bertz CT molecular complexity index is 393. The predicted molar refractivity (Wildman–Crippen MR) is 64.1 cm³/mol. The second-order valence-electron chi connectivity index (χ2n) is 4.22. The number of amides is 1. The minimum atomic E-state index is -0.0564. The van der Waals surface area contributed by atoms with Gasteiger partial charge in [-0.2, -0.15) is 0 Å². The first-order valence-corrected chi connectivity index (χ1v) is 6.64. The molecule has 82 valence electrons. The maximum atomic E-state index is 11.7. The van der Waals surface area contributed by atoms with Crippen LogP contribution in [0.5, 0.6) is 0 Å². The summed E-state index contributed by atoms with van der Waals surface area (Å²) < 4.78 is 0.752. The van der Waals surface area contributed by atoms with E-state index in [2.05, 4.69) is 40.1 Å². The Morgan fingerprint density at radius 3 is 3.07 bits per heavy atom. The number of nitrogens with zero attached hydrogens (tertiary/aromatic N) is 1. The summed E-state index contributed by atoms with van der Waals surface area (Å²) >= 11 is 4.68. The minimum Gasteiger partial charge on any atom is -0.347 e. The molecule has 1 heterocycles. The van der Waals surface area contributed by atoms with Crippen molar-refractivity contribution in [1.82, 2.24) is 10.3 Å². The van der Waals surface area contributed by atoms with E-state index >= 15 is 0 Å². The number of rotatable bonds is 3. The fourth-order valence-corrected chi connectivity index (χ4v) is 2.60. The molecule has 3 nitrogen and oxygen atoms in total. The van der Waals surface area contributed by atoms with Gasteiger partial charge in [0.05, 0.1) is 0 Å². The van der Waals surface area contributed by atoms with E-state index in [0.29, 0.717) is 17.2 Å². The smallest absolute Gasteiger partial charge is 0.271 e.